The zero-order valence-electron chi connectivity index (χ0n) is 16.9. The van der Waals surface area contributed by atoms with Gasteiger partial charge in [-0.1, -0.05) is 23.7 Å². The van der Waals surface area contributed by atoms with Crippen LogP contribution in [0.25, 0.3) is 5.57 Å². The highest BCUT2D eigenvalue weighted by atomic mass is 35.5. The van der Waals surface area contributed by atoms with Gasteiger partial charge in [-0.05, 0) is 54.8 Å². The van der Waals surface area contributed by atoms with Crippen LogP contribution < -0.4 is 9.47 Å². The first kappa shape index (κ1) is 21.8. The normalized spacial score (nSPS) is 18.6. The van der Waals surface area contributed by atoms with Gasteiger partial charge < -0.3 is 14.2 Å². The molecule has 5 nitrogen and oxygen atoms in total. The van der Waals surface area contributed by atoms with Crippen LogP contribution in [0.4, 0.5) is 4.39 Å². The van der Waals surface area contributed by atoms with Gasteiger partial charge in [0.05, 0.1) is 20.8 Å². The quantitative estimate of drug-likeness (QED) is 0.484. The summed E-state index contributed by atoms with van der Waals surface area (Å²) in [6.07, 6.45) is 1.64. The summed E-state index contributed by atoms with van der Waals surface area (Å²) in [5.74, 6) is -2.62. The molecule has 1 aliphatic rings. The number of ether oxygens (including phenoxy) is 3. The van der Waals surface area contributed by atoms with Gasteiger partial charge in [0.25, 0.3) is 0 Å². The van der Waals surface area contributed by atoms with Crippen molar-refractivity contribution < 1.29 is 28.2 Å². The number of benzene rings is 2. The molecular weight excluding hydrogens is 411 g/mol. The Morgan fingerprint density at radius 2 is 1.90 bits per heavy atom. The van der Waals surface area contributed by atoms with Gasteiger partial charge in [0.1, 0.15) is 11.7 Å². The second-order valence-electron chi connectivity index (χ2n) is 6.82. The largest absolute Gasteiger partial charge is 0.493 e. The van der Waals surface area contributed by atoms with Crippen LogP contribution in [0, 0.1) is 11.7 Å². The van der Waals surface area contributed by atoms with E-state index in [4.69, 9.17) is 25.8 Å². The zero-order chi connectivity index (χ0) is 21.8. The molecule has 0 fully saturated rings. The summed E-state index contributed by atoms with van der Waals surface area (Å²) in [6, 6.07) is 9.54. The van der Waals surface area contributed by atoms with E-state index in [0.717, 1.165) is 0 Å². The summed E-state index contributed by atoms with van der Waals surface area (Å²) >= 11 is 6.28. The third kappa shape index (κ3) is 4.19. The van der Waals surface area contributed by atoms with Gasteiger partial charge in [-0.2, -0.15) is 0 Å². The van der Waals surface area contributed by atoms with Crippen molar-refractivity contribution in [3.05, 3.63) is 64.4 Å². The van der Waals surface area contributed by atoms with Crippen molar-refractivity contribution in [3.63, 3.8) is 0 Å². The number of rotatable bonds is 6. The summed E-state index contributed by atoms with van der Waals surface area (Å²) in [6.45, 7) is 1.77. The fraction of sp³-hybridized carbons (Fsp3) is 0.304. The highest BCUT2D eigenvalue weighted by molar-refractivity contribution is 6.31. The van der Waals surface area contributed by atoms with Crippen molar-refractivity contribution in [1.29, 1.82) is 0 Å². The molecule has 30 heavy (non-hydrogen) atoms. The van der Waals surface area contributed by atoms with Crippen LogP contribution in [-0.4, -0.2) is 32.6 Å². The summed E-state index contributed by atoms with van der Waals surface area (Å²) in [4.78, 5) is 25.5. The lowest BCUT2D eigenvalue weighted by Crippen LogP contribution is -2.34. The van der Waals surface area contributed by atoms with Crippen LogP contribution >= 0.6 is 11.6 Å². The molecule has 0 aliphatic heterocycles. The molecule has 3 rings (SSSR count). The first-order valence-corrected chi connectivity index (χ1v) is 9.86. The van der Waals surface area contributed by atoms with Gasteiger partial charge in [-0.3, -0.25) is 9.59 Å². The Kier molecular flexibility index (Phi) is 6.77. The van der Waals surface area contributed by atoms with E-state index < -0.39 is 29.4 Å². The van der Waals surface area contributed by atoms with E-state index in [1.165, 1.54) is 32.4 Å². The number of carbonyl (C=O) groups is 2. The molecule has 0 spiro atoms. The van der Waals surface area contributed by atoms with Gasteiger partial charge in [-0.25, -0.2) is 4.39 Å². The highest BCUT2D eigenvalue weighted by Gasteiger charge is 2.41. The van der Waals surface area contributed by atoms with Crippen LogP contribution in [0.15, 0.2) is 42.5 Å². The number of hydrogen-bond donors (Lipinski definition) is 0. The van der Waals surface area contributed by atoms with E-state index in [2.05, 4.69) is 0 Å². The first-order chi connectivity index (χ1) is 14.4. The molecule has 0 aromatic heterocycles. The van der Waals surface area contributed by atoms with E-state index in [9.17, 15) is 14.0 Å². The molecule has 0 radical (unpaired) electrons. The minimum Gasteiger partial charge on any atom is -0.493 e. The molecule has 0 unspecified atom stereocenters. The number of allylic oxidation sites excluding steroid dienone is 2. The molecule has 0 saturated carbocycles. The molecule has 2 aromatic carbocycles. The van der Waals surface area contributed by atoms with E-state index in [0.29, 0.717) is 22.6 Å². The minimum atomic E-state index is -1.16. The van der Waals surface area contributed by atoms with E-state index in [1.54, 1.807) is 31.2 Å². The van der Waals surface area contributed by atoms with Crippen molar-refractivity contribution in [2.75, 3.05) is 20.8 Å². The molecule has 7 heteroatoms. The molecule has 0 saturated heterocycles. The van der Waals surface area contributed by atoms with Gasteiger partial charge >= 0.3 is 5.97 Å². The van der Waals surface area contributed by atoms with Gasteiger partial charge in [0.2, 0.25) is 0 Å². The fourth-order valence-corrected chi connectivity index (χ4v) is 4.06. The molecule has 2 aromatic rings. The number of esters is 1. The van der Waals surface area contributed by atoms with Crippen molar-refractivity contribution in [3.8, 4) is 11.5 Å². The maximum absolute atomic E-state index is 14.7. The molecular formula is C23H22ClFO5. The van der Waals surface area contributed by atoms with Crippen LogP contribution in [0.2, 0.25) is 5.02 Å². The van der Waals surface area contributed by atoms with Crippen LogP contribution in [-0.2, 0) is 14.3 Å². The van der Waals surface area contributed by atoms with Crippen molar-refractivity contribution >= 4 is 28.9 Å². The number of methoxy groups -OCH3 is 2. The van der Waals surface area contributed by atoms with Crippen molar-refractivity contribution in [1.82, 2.24) is 0 Å². The van der Waals surface area contributed by atoms with E-state index >= 15 is 0 Å². The number of carbonyl (C=O) groups excluding carboxylic acids is 2. The Balaban J connectivity index is 2.10. The lowest BCUT2D eigenvalue weighted by Gasteiger charge is -2.30. The van der Waals surface area contributed by atoms with Gasteiger partial charge in [0.15, 0.2) is 17.3 Å². The minimum absolute atomic E-state index is 0.118. The molecule has 0 bridgehead atoms. The van der Waals surface area contributed by atoms with Crippen LogP contribution in [0.3, 0.4) is 0 Å². The fourth-order valence-electron chi connectivity index (χ4n) is 3.76. The smallest absolute Gasteiger partial charge is 0.317 e. The van der Waals surface area contributed by atoms with Crippen LogP contribution in [0.1, 0.15) is 30.4 Å². The topological polar surface area (TPSA) is 61.8 Å². The standard InChI is InChI=1S/C23H22ClFO5/c1-4-30-23(27)22-15(21-16(24)6-5-7-17(21)25)10-14(11-18(22)26)13-8-9-19(28-2)20(12-13)29-3/h5-9,11-12,15,22H,4,10H2,1-3H3/t15-,22-/m0/s1. The molecule has 0 heterocycles. The van der Waals surface area contributed by atoms with Gasteiger partial charge in [-0.15, -0.1) is 0 Å². The number of halogens is 2. The van der Waals surface area contributed by atoms with Crippen LogP contribution in [0.5, 0.6) is 11.5 Å². The number of ketones is 1. The lowest BCUT2D eigenvalue weighted by atomic mass is 9.73. The summed E-state index contributed by atoms with van der Waals surface area (Å²) in [5.41, 5.74) is 1.49. The molecule has 1 aliphatic carbocycles. The lowest BCUT2D eigenvalue weighted by molar-refractivity contribution is -0.151. The van der Waals surface area contributed by atoms with E-state index in [1.807, 2.05) is 0 Å². The predicted octanol–water partition coefficient (Wildman–Crippen LogP) is 4.82. The average Bonchev–Trinajstić information content (AvgIpc) is 2.72. The average molecular weight is 433 g/mol. The second-order valence-corrected chi connectivity index (χ2v) is 7.22. The van der Waals surface area contributed by atoms with Gasteiger partial charge in [0, 0.05) is 16.5 Å². The Labute approximate surface area is 179 Å². The molecule has 0 amide bonds. The third-order valence-electron chi connectivity index (χ3n) is 5.13. The summed E-state index contributed by atoms with van der Waals surface area (Å²) in [5, 5.41) is 0.163. The predicted molar refractivity (Wildman–Crippen MR) is 111 cm³/mol. The summed E-state index contributed by atoms with van der Waals surface area (Å²) in [7, 11) is 3.04. The molecule has 2 atom stereocenters. The Bertz CT molecular complexity index is 981. The van der Waals surface area contributed by atoms with E-state index in [-0.39, 0.29) is 23.6 Å². The molecule has 0 N–H and O–H groups in total. The SMILES string of the molecule is CCOC(=O)[C@@H]1C(=O)C=C(c2ccc(OC)c(OC)c2)C[C@H]1c1c(F)cccc1Cl. The first-order valence-electron chi connectivity index (χ1n) is 9.48. The second kappa shape index (κ2) is 9.30. The monoisotopic (exact) mass is 432 g/mol. The Hall–Kier alpha value is -2.86. The Morgan fingerprint density at radius 1 is 1.17 bits per heavy atom. The maximum atomic E-state index is 14.7. The number of hydrogen-bond acceptors (Lipinski definition) is 5. The van der Waals surface area contributed by atoms with Crippen molar-refractivity contribution in [2.24, 2.45) is 5.92 Å². The highest BCUT2D eigenvalue weighted by Crippen LogP contribution is 2.44. The zero-order valence-corrected chi connectivity index (χ0v) is 17.7. The van der Waals surface area contributed by atoms with Crippen molar-refractivity contribution in [2.45, 2.75) is 19.3 Å². The maximum Gasteiger partial charge on any atom is 0.317 e. The molecule has 158 valence electrons. The Morgan fingerprint density at radius 3 is 2.53 bits per heavy atom. The summed E-state index contributed by atoms with van der Waals surface area (Å²) < 4.78 is 30.4. The third-order valence-corrected chi connectivity index (χ3v) is 5.46.